The third-order valence-electron chi connectivity index (χ3n) is 4.73. The van der Waals surface area contributed by atoms with Gasteiger partial charge in [0.05, 0.1) is 12.2 Å². The van der Waals surface area contributed by atoms with Crippen LogP contribution in [0.4, 0.5) is 5.00 Å². The second kappa shape index (κ2) is 9.75. The number of aryl methyl sites for hydroxylation is 1. The fourth-order valence-corrected chi connectivity index (χ4v) is 4.71. The second-order valence-electron chi connectivity index (χ2n) is 7.21. The van der Waals surface area contributed by atoms with Crippen LogP contribution in [-0.4, -0.2) is 31.1 Å². The van der Waals surface area contributed by atoms with Gasteiger partial charge in [-0.2, -0.15) is 0 Å². The number of carbonyl (C=O) groups excluding carboxylic acids is 3. The molecule has 30 heavy (non-hydrogen) atoms. The summed E-state index contributed by atoms with van der Waals surface area (Å²) in [5, 5.41) is 3.17. The standard InChI is InChI=1S/C22H25NO6S/c1-4-27-22(26)20-16-9-5-13(2)11-17(16)30-21(20)23-18(24)12-28-19(25)10-8-15-7-6-14(3)29-15/h6-8,10,13H,4-5,9,11-12H2,1-3H3,(H,23,24). The summed E-state index contributed by atoms with van der Waals surface area (Å²) in [6, 6.07) is 3.50. The molecule has 0 aliphatic heterocycles. The number of carbonyl (C=O) groups is 3. The predicted octanol–water partition coefficient (Wildman–Crippen LogP) is 4.15. The molecule has 0 spiro atoms. The van der Waals surface area contributed by atoms with Gasteiger partial charge in [-0.1, -0.05) is 6.92 Å². The second-order valence-corrected chi connectivity index (χ2v) is 8.32. The Balaban J connectivity index is 1.63. The minimum Gasteiger partial charge on any atom is -0.462 e. The van der Waals surface area contributed by atoms with E-state index in [1.165, 1.54) is 23.5 Å². The van der Waals surface area contributed by atoms with Crippen LogP contribution in [0.5, 0.6) is 0 Å². The highest BCUT2D eigenvalue weighted by Crippen LogP contribution is 2.40. The van der Waals surface area contributed by atoms with Gasteiger partial charge in [0.2, 0.25) is 0 Å². The molecule has 2 heterocycles. The maximum atomic E-state index is 12.5. The minimum atomic E-state index is -0.663. The molecule has 0 radical (unpaired) electrons. The number of anilines is 1. The van der Waals surface area contributed by atoms with Gasteiger partial charge in [-0.25, -0.2) is 9.59 Å². The van der Waals surface area contributed by atoms with Gasteiger partial charge >= 0.3 is 11.9 Å². The zero-order valence-electron chi connectivity index (χ0n) is 17.3. The van der Waals surface area contributed by atoms with Crippen LogP contribution in [0, 0.1) is 12.8 Å². The van der Waals surface area contributed by atoms with Crippen LogP contribution in [0.15, 0.2) is 22.6 Å². The van der Waals surface area contributed by atoms with Gasteiger partial charge in [0.15, 0.2) is 6.61 Å². The van der Waals surface area contributed by atoms with E-state index in [0.717, 1.165) is 35.5 Å². The maximum absolute atomic E-state index is 12.5. The van der Waals surface area contributed by atoms with Gasteiger partial charge in [0, 0.05) is 11.0 Å². The molecule has 3 rings (SSSR count). The number of rotatable bonds is 7. The van der Waals surface area contributed by atoms with E-state index >= 15 is 0 Å². The van der Waals surface area contributed by atoms with Crippen molar-refractivity contribution >= 4 is 40.3 Å². The van der Waals surface area contributed by atoms with Gasteiger partial charge in [0.25, 0.3) is 5.91 Å². The normalized spacial score (nSPS) is 15.6. The summed E-state index contributed by atoms with van der Waals surface area (Å²) in [5.41, 5.74) is 1.39. The van der Waals surface area contributed by atoms with Crippen molar-refractivity contribution in [3.05, 3.63) is 45.7 Å². The highest BCUT2D eigenvalue weighted by Gasteiger charge is 2.29. The molecular weight excluding hydrogens is 406 g/mol. The van der Waals surface area contributed by atoms with Crippen LogP contribution in [0.2, 0.25) is 0 Å². The molecule has 1 N–H and O–H groups in total. The maximum Gasteiger partial charge on any atom is 0.341 e. The number of hydrogen-bond acceptors (Lipinski definition) is 7. The van der Waals surface area contributed by atoms with E-state index in [1.54, 1.807) is 26.0 Å². The summed E-state index contributed by atoms with van der Waals surface area (Å²) >= 11 is 1.39. The summed E-state index contributed by atoms with van der Waals surface area (Å²) < 4.78 is 15.5. The van der Waals surface area contributed by atoms with E-state index in [9.17, 15) is 14.4 Å². The molecule has 8 heteroatoms. The van der Waals surface area contributed by atoms with E-state index in [0.29, 0.717) is 22.2 Å². The van der Waals surface area contributed by atoms with Crippen LogP contribution in [-0.2, 0) is 31.9 Å². The zero-order valence-corrected chi connectivity index (χ0v) is 18.1. The van der Waals surface area contributed by atoms with E-state index in [4.69, 9.17) is 13.9 Å². The fourth-order valence-electron chi connectivity index (χ4n) is 3.30. The third-order valence-corrected chi connectivity index (χ3v) is 5.90. The van der Waals surface area contributed by atoms with E-state index in [1.807, 2.05) is 0 Å². The Morgan fingerprint density at radius 3 is 2.80 bits per heavy atom. The lowest BCUT2D eigenvalue weighted by atomic mass is 9.88. The van der Waals surface area contributed by atoms with Gasteiger partial charge in [0.1, 0.15) is 16.5 Å². The Bertz CT molecular complexity index is 970. The van der Waals surface area contributed by atoms with Crippen molar-refractivity contribution in [1.82, 2.24) is 0 Å². The molecule has 0 aromatic carbocycles. The Kier molecular flexibility index (Phi) is 7.10. The molecule has 1 atom stereocenters. The lowest BCUT2D eigenvalue weighted by molar-refractivity contribution is -0.142. The Morgan fingerprint density at radius 1 is 1.30 bits per heavy atom. The first-order chi connectivity index (χ1) is 14.4. The molecule has 2 aromatic heterocycles. The van der Waals surface area contributed by atoms with Gasteiger partial charge < -0.3 is 19.2 Å². The topological polar surface area (TPSA) is 94.8 Å². The number of nitrogens with one attached hydrogen (secondary N) is 1. The Morgan fingerprint density at radius 2 is 2.10 bits per heavy atom. The molecule has 160 valence electrons. The van der Waals surface area contributed by atoms with Crippen molar-refractivity contribution < 1.29 is 28.3 Å². The highest BCUT2D eigenvalue weighted by molar-refractivity contribution is 7.17. The smallest absolute Gasteiger partial charge is 0.341 e. The van der Waals surface area contributed by atoms with Crippen molar-refractivity contribution in [3.8, 4) is 0 Å². The average molecular weight is 432 g/mol. The lowest BCUT2D eigenvalue weighted by Crippen LogP contribution is -2.21. The van der Waals surface area contributed by atoms with E-state index in [2.05, 4.69) is 12.2 Å². The molecule has 1 aliphatic rings. The number of amides is 1. The first kappa shape index (κ1) is 21.8. The molecule has 1 aliphatic carbocycles. The molecule has 0 saturated carbocycles. The van der Waals surface area contributed by atoms with Crippen LogP contribution in [0.3, 0.4) is 0 Å². The Labute approximate surface area is 179 Å². The third kappa shape index (κ3) is 5.38. The van der Waals surface area contributed by atoms with Gasteiger partial charge in [-0.3, -0.25) is 4.79 Å². The number of esters is 2. The van der Waals surface area contributed by atoms with Crippen LogP contribution in [0.1, 0.15) is 52.6 Å². The quantitative estimate of drug-likeness (QED) is 0.523. The summed E-state index contributed by atoms with van der Waals surface area (Å²) in [7, 11) is 0. The van der Waals surface area contributed by atoms with Gasteiger partial charge in [-0.05, 0) is 62.8 Å². The molecule has 0 saturated heterocycles. The number of fused-ring (bicyclic) bond motifs is 1. The van der Waals surface area contributed by atoms with Crippen LogP contribution >= 0.6 is 11.3 Å². The molecule has 7 nitrogen and oxygen atoms in total. The minimum absolute atomic E-state index is 0.256. The van der Waals surface area contributed by atoms with Crippen molar-refractivity contribution in [2.45, 2.75) is 40.0 Å². The first-order valence-electron chi connectivity index (χ1n) is 9.90. The molecule has 2 aromatic rings. The monoisotopic (exact) mass is 431 g/mol. The molecule has 1 unspecified atom stereocenters. The highest BCUT2D eigenvalue weighted by atomic mass is 32.1. The Hall–Kier alpha value is -2.87. The van der Waals surface area contributed by atoms with Crippen LogP contribution < -0.4 is 5.32 Å². The fraction of sp³-hybridized carbons (Fsp3) is 0.409. The SMILES string of the molecule is CCOC(=O)c1c(NC(=O)COC(=O)C=Cc2ccc(C)o2)sc2c1CCC(C)C2. The van der Waals surface area contributed by atoms with Crippen molar-refractivity contribution in [1.29, 1.82) is 0 Å². The number of thiophene rings is 1. The molecule has 1 amide bonds. The zero-order chi connectivity index (χ0) is 21.7. The van der Waals surface area contributed by atoms with E-state index in [-0.39, 0.29) is 6.61 Å². The average Bonchev–Trinajstić information content (AvgIpc) is 3.27. The molecule has 0 fully saturated rings. The predicted molar refractivity (Wildman–Crippen MR) is 114 cm³/mol. The summed E-state index contributed by atoms with van der Waals surface area (Å²) in [6.45, 7) is 5.51. The largest absolute Gasteiger partial charge is 0.462 e. The van der Waals surface area contributed by atoms with Crippen molar-refractivity contribution in [3.63, 3.8) is 0 Å². The van der Waals surface area contributed by atoms with E-state index < -0.39 is 24.5 Å². The summed E-state index contributed by atoms with van der Waals surface area (Å²) in [4.78, 5) is 37.7. The summed E-state index contributed by atoms with van der Waals surface area (Å²) in [6.07, 6.45) is 5.31. The number of ether oxygens (including phenoxy) is 2. The van der Waals surface area contributed by atoms with Crippen molar-refractivity contribution in [2.75, 3.05) is 18.5 Å². The summed E-state index contributed by atoms with van der Waals surface area (Å²) in [5.74, 6) is 0.167. The first-order valence-corrected chi connectivity index (χ1v) is 10.7. The van der Waals surface area contributed by atoms with Gasteiger partial charge in [-0.15, -0.1) is 11.3 Å². The number of furan rings is 1. The van der Waals surface area contributed by atoms with Crippen molar-refractivity contribution in [2.24, 2.45) is 5.92 Å². The lowest BCUT2D eigenvalue weighted by Gasteiger charge is -2.18. The van der Waals surface area contributed by atoms with Crippen LogP contribution in [0.25, 0.3) is 6.08 Å². The molecular formula is C22H25NO6S. The number of hydrogen-bond donors (Lipinski definition) is 1. The molecule has 0 bridgehead atoms.